The first kappa shape index (κ1) is 23.7. The number of anilines is 2. The Balaban J connectivity index is 1.50. The van der Waals surface area contributed by atoms with Crippen molar-refractivity contribution in [3.63, 3.8) is 0 Å². The van der Waals surface area contributed by atoms with Crippen LogP contribution in [-0.4, -0.2) is 46.6 Å². The number of carbonyl (C=O) groups is 2. The van der Waals surface area contributed by atoms with E-state index in [9.17, 15) is 18.0 Å². The molecular weight excluding hydrogens is 434 g/mol. The molecule has 3 N–H and O–H groups in total. The van der Waals surface area contributed by atoms with E-state index in [-0.39, 0.29) is 36.0 Å². The normalized spacial score (nSPS) is 14.4. The van der Waals surface area contributed by atoms with Gasteiger partial charge in [0.2, 0.25) is 15.9 Å². The Labute approximate surface area is 187 Å². The number of ether oxygens (including phenoxy) is 2. The number of hydrogen-bond donors (Lipinski definition) is 3. The predicted octanol–water partition coefficient (Wildman–Crippen LogP) is 2.37. The van der Waals surface area contributed by atoms with E-state index in [1.807, 2.05) is 0 Å². The molecule has 10 heteroatoms. The van der Waals surface area contributed by atoms with Crippen LogP contribution < -0.4 is 20.1 Å². The van der Waals surface area contributed by atoms with Gasteiger partial charge in [0.1, 0.15) is 5.75 Å². The van der Waals surface area contributed by atoms with E-state index in [1.165, 1.54) is 31.4 Å². The minimum Gasteiger partial charge on any atom is -0.484 e. The number of benzene rings is 2. The van der Waals surface area contributed by atoms with Gasteiger partial charge >= 0.3 is 0 Å². The van der Waals surface area contributed by atoms with E-state index in [0.717, 1.165) is 12.8 Å². The number of amides is 2. The van der Waals surface area contributed by atoms with Crippen LogP contribution in [-0.2, 0) is 24.3 Å². The fraction of sp³-hybridized carbons (Fsp3) is 0.364. The van der Waals surface area contributed by atoms with Crippen LogP contribution in [0.1, 0.15) is 19.8 Å². The third kappa shape index (κ3) is 7.04. The minimum atomic E-state index is -3.68. The summed E-state index contributed by atoms with van der Waals surface area (Å²) in [6.07, 6.45) is 1.83. The SMILES string of the molecule is COCC(C)NS(=O)(=O)c1ccc(NC(=O)COc2cccc(NC(=O)C3CC3)c2)cc1. The molecule has 32 heavy (non-hydrogen) atoms. The first-order valence-corrected chi connectivity index (χ1v) is 11.7. The van der Waals surface area contributed by atoms with Crippen LogP contribution in [0.15, 0.2) is 53.4 Å². The summed E-state index contributed by atoms with van der Waals surface area (Å²) < 4.78 is 37.6. The molecule has 172 valence electrons. The molecule has 9 nitrogen and oxygen atoms in total. The van der Waals surface area contributed by atoms with Crippen LogP contribution in [0.3, 0.4) is 0 Å². The lowest BCUT2D eigenvalue weighted by atomic mass is 10.3. The molecule has 3 rings (SSSR count). The van der Waals surface area contributed by atoms with Crippen molar-refractivity contribution in [2.75, 3.05) is 31.0 Å². The first-order chi connectivity index (χ1) is 15.3. The molecule has 1 fully saturated rings. The van der Waals surface area contributed by atoms with Gasteiger partial charge in [0, 0.05) is 36.5 Å². The summed E-state index contributed by atoms with van der Waals surface area (Å²) in [5, 5.41) is 5.48. The van der Waals surface area contributed by atoms with Gasteiger partial charge in [-0.3, -0.25) is 9.59 Å². The second-order valence-electron chi connectivity index (χ2n) is 7.63. The van der Waals surface area contributed by atoms with Gasteiger partial charge in [0.15, 0.2) is 6.61 Å². The van der Waals surface area contributed by atoms with Crippen molar-refractivity contribution in [2.45, 2.75) is 30.7 Å². The highest BCUT2D eigenvalue weighted by Crippen LogP contribution is 2.30. The molecule has 2 amide bonds. The zero-order chi connectivity index (χ0) is 23.1. The Morgan fingerprint density at radius 1 is 1.06 bits per heavy atom. The molecule has 1 aliphatic carbocycles. The van der Waals surface area contributed by atoms with Gasteiger partial charge in [-0.25, -0.2) is 13.1 Å². The minimum absolute atomic E-state index is 0.00583. The summed E-state index contributed by atoms with van der Waals surface area (Å²) in [6.45, 7) is 1.71. The van der Waals surface area contributed by atoms with Gasteiger partial charge in [-0.2, -0.15) is 0 Å². The van der Waals surface area contributed by atoms with Gasteiger partial charge < -0.3 is 20.1 Å². The fourth-order valence-electron chi connectivity index (χ4n) is 2.93. The van der Waals surface area contributed by atoms with E-state index in [1.54, 1.807) is 31.2 Å². The zero-order valence-corrected chi connectivity index (χ0v) is 18.8. The molecular formula is C22H27N3O6S. The molecule has 0 heterocycles. The third-order valence-corrected chi connectivity index (χ3v) is 6.25. The second-order valence-corrected chi connectivity index (χ2v) is 9.34. The van der Waals surface area contributed by atoms with Crippen LogP contribution >= 0.6 is 0 Å². The van der Waals surface area contributed by atoms with Crippen LogP contribution in [0, 0.1) is 5.92 Å². The molecule has 0 saturated heterocycles. The summed E-state index contributed by atoms with van der Waals surface area (Å²) in [5.41, 5.74) is 1.05. The highest BCUT2D eigenvalue weighted by molar-refractivity contribution is 7.89. The molecule has 1 unspecified atom stereocenters. The average molecular weight is 462 g/mol. The standard InChI is InChI=1S/C22H27N3O6S/c1-15(13-30-2)25-32(28,29)20-10-8-17(9-11-20)23-21(26)14-31-19-5-3-4-18(12-19)24-22(27)16-6-7-16/h3-5,8-12,15-16,25H,6-7,13-14H2,1-2H3,(H,23,26)(H,24,27). The number of sulfonamides is 1. The van der Waals surface area contributed by atoms with E-state index in [2.05, 4.69) is 15.4 Å². The second kappa shape index (κ2) is 10.6. The van der Waals surface area contributed by atoms with Gasteiger partial charge in [0.05, 0.1) is 11.5 Å². The van der Waals surface area contributed by atoms with Crippen LogP contribution in [0.4, 0.5) is 11.4 Å². The Kier molecular flexibility index (Phi) is 7.84. The lowest BCUT2D eigenvalue weighted by molar-refractivity contribution is -0.118. The van der Waals surface area contributed by atoms with Crippen molar-refractivity contribution < 1.29 is 27.5 Å². The number of nitrogens with one attached hydrogen (secondary N) is 3. The highest BCUT2D eigenvalue weighted by Gasteiger charge is 2.29. The molecule has 1 saturated carbocycles. The number of rotatable bonds is 11. The van der Waals surface area contributed by atoms with Crippen molar-refractivity contribution in [1.82, 2.24) is 4.72 Å². The lowest BCUT2D eigenvalue weighted by Crippen LogP contribution is -2.35. The number of carbonyl (C=O) groups excluding carboxylic acids is 2. The average Bonchev–Trinajstić information content (AvgIpc) is 3.58. The van der Waals surface area contributed by atoms with Crippen LogP contribution in [0.5, 0.6) is 5.75 Å². The summed E-state index contributed by atoms with van der Waals surface area (Å²) in [5.74, 6) is 0.135. The Morgan fingerprint density at radius 2 is 1.78 bits per heavy atom. The summed E-state index contributed by atoms with van der Waals surface area (Å²) in [4.78, 5) is 24.1. The number of methoxy groups -OCH3 is 1. The maximum atomic E-state index is 12.3. The van der Waals surface area contributed by atoms with Crippen LogP contribution in [0.25, 0.3) is 0 Å². The summed E-state index contributed by atoms with van der Waals surface area (Å²) in [6, 6.07) is 12.3. The van der Waals surface area contributed by atoms with Gasteiger partial charge in [0.25, 0.3) is 5.91 Å². The quantitative estimate of drug-likeness (QED) is 0.472. The van der Waals surface area contributed by atoms with E-state index >= 15 is 0 Å². The van der Waals surface area contributed by atoms with Gasteiger partial charge in [-0.15, -0.1) is 0 Å². The van der Waals surface area contributed by atoms with E-state index < -0.39 is 15.9 Å². The van der Waals surface area contributed by atoms with Gasteiger partial charge in [-0.1, -0.05) is 6.07 Å². The van der Waals surface area contributed by atoms with E-state index in [0.29, 0.717) is 17.1 Å². The highest BCUT2D eigenvalue weighted by atomic mass is 32.2. The van der Waals surface area contributed by atoms with Gasteiger partial charge in [-0.05, 0) is 56.2 Å². The molecule has 0 aromatic heterocycles. The molecule has 1 aliphatic rings. The Bertz CT molecular complexity index is 1050. The van der Waals surface area contributed by atoms with E-state index in [4.69, 9.17) is 9.47 Å². The first-order valence-electron chi connectivity index (χ1n) is 10.2. The van der Waals surface area contributed by atoms with Crippen molar-refractivity contribution in [1.29, 1.82) is 0 Å². The van der Waals surface area contributed by atoms with Crippen molar-refractivity contribution >= 4 is 33.2 Å². The van der Waals surface area contributed by atoms with Crippen LogP contribution in [0.2, 0.25) is 0 Å². The molecule has 0 bridgehead atoms. The molecule has 1 atom stereocenters. The molecule has 0 spiro atoms. The topological polar surface area (TPSA) is 123 Å². The van der Waals surface area contributed by atoms with Crippen molar-refractivity contribution in [3.05, 3.63) is 48.5 Å². The zero-order valence-electron chi connectivity index (χ0n) is 18.0. The predicted molar refractivity (Wildman–Crippen MR) is 120 cm³/mol. The summed E-state index contributed by atoms with van der Waals surface area (Å²) in [7, 11) is -2.19. The third-order valence-electron chi connectivity index (χ3n) is 4.64. The molecule has 2 aromatic rings. The smallest absolute Gasteiger partial charge is 0.262 e. The Morgan fingerprint density at radius 3 is 2.44 bits per heavy atom. The fourth-order valence-corrected chi connectivity index (χ4v) is 4.16. The molecule has 2 aromatic carbocycles. The number of hydrogen-bond acceptors (Lipinski definition) is 6. The molecule has 0 radical (unpaired) electrons. The monoisotopic (exact) mass is 461 g/mol. The van der Waals surface area contributed by atoms with Crippen molar-refractivity contribution in [3.8, 4) is 5.75 Å². The lowest BCUT2D eigenvalue weighted by Gasteiger charge is -2.13. The molecule has 0 aliphatic heterocycles. The maximum absolute atomic E-state index is 12.3. The van der Waals surface area contributed by atoms with Crippen molar-refractivity contribution in [2.24, 2.45) is 5.92 Å². The Hall–Kier alpha value is -2.95. The maximum Gasteiger partial charge on any atom is 0.262 e. The largest absolute Gasteiger partial charge is 0.484 e. The summed E-state index contributed by atoms with van der Waals surface area (Å²) >= 11 is 0.